The molecule has 0 radical (unpaired) electrons. The standard InChI is InChI=1S/C19H20Cl2N2O3S/c1-25-16-9-13(15(21)10-17(16)26-2)11-22-19(27)23-18(24)8-7-12-5-3-4-6-14(12)20/h3-6,9-10H,7-8,11H2,1-2H3,(H2,22,23,24,27). The summed E-state index contributed by atoms with van der Waals surface area (Å²) in [6.45, 7) is 0.336. The molecule has 1 amide bonds. The van der Waals surface area contributed by atoms with Crippen LogP contribution in [0.25, 0.3) is 0 Å². The van der Waals surface area contributed by atoms with E-state index in [1.807, 2.05) is 18.2 Å². The van der Waals surface area contributed by atoms with Gasteiger partial charge in [0.05, 0.1) is 14.2 Å². The SMILES string of the molecule is COc1cc(Cl)c(CNC(=S)NC(=O)CCc2ccccc2Cl)cc1OC. The number of nitrogens with one attached hydrogen (secondary N) is 2. The molecule has 27 heavy (non-hydrogen) atoms. The molecular weight excluding hydrogens is 407 g/mol. The smallest absolute Gasteiger partial charge is 0.226 e. The summed E-state index contributed by atoms with van der Waals surface area (Å²) in [6, 6.07) is 10.9. The first-order chi connectivity index (χ1) is 12.9. The number of hydrogen-bond donors (Lipinski definition) is 2. The zero-order chi connectivity index (χ0) is 19.8. The van der Waals surface area contributed by atoms with Crippen molar-refractivity contribution in [1.82, 2.24) is 10.6 Å². The van der Waals surface area contributed by atoms with E-state index in [4.69, 9.17) is 44.9 Å². The number of methoxy groups -OCH3 is 2. The van der Waals surface area contributed by atoms with E-state index in [0.717, 1.165) is 11.1 Å². The van der Waals surface area contributed by atoms with Crippen molar-refractivity contribution >= 4 is 46.4 Å². The zero-order valence-corrected chi connectivity index (χ0v) is 17.3. The highest BCUT2D eigenvalue weighted by Gasteiger charge is 2.11. The topological polar surface area (TPSA) is 59.6 Å². The van der Waals surface area contributed by atoms with Crippen molar-refractivity contribution in [3.8, 4) is 11.5 Å². The molecule has 2 aromatic rings. The fraction of sp³-hybridized carbons (Fsp3) is 0.263. The fourth-order valence-electron chi connectivity index (χ4n) is 2.39. The first-order valence-corrected chi connectivity index (χ1v) is 9.32. The van der Waals surface area contributed by atoms with E-state index < -0.39 is 0 Å². The summed E-state index contributed by atoms with van der Waals surface area (Å²) in [5.74, 6) is 0.918. The highest BCUT2D eigenvalue weighted by Crippen LogP contribution is 2.32. The quantitative estimate of drug-likeness (QED) is 0.651. The number of aryl methyl sites for hydroxylation is 1. The van der Waals surface area contributed by atoms with Crippen molar-refractivity contribution in [2.45, 2.75) is 19.4 Å². The summed E-state index contributed by atoms with van der Waals surface area (Å²) < 4.78 is 10.5. The second kappa shape index (κ2) is 10.3. The van der Waals surface area contributed by atoms with Crippen molar-refractivity contribution in [2.24, 2.45) is 0 Å². The van der Waals surface area contributed by atoms with E-state index in [1.165, 1.54) is 0 Å². The Kier molecular flexibility index (Phi) is 8.16. The normalized spacial score (nSPS) is 10.2. The Labute approximate surface area is 173 Å². The molecule has 0 aromatic heterocycles. The number of rotatable bonds is 7. The molecule has 0 spiro atoms. The molecule has 0 aliphatic heterocycles. The van der Waals surface area contributed by atoms with Crippen molar-refractivity contribution < 1.29 is 14.3 Å². The number of thiocarbonyl (C=S) groups is 1. The Hall–Kier alpha value is -2.02. The number of amides is 1. The van der Waals surface area contributed by atoms with Crippen LogP contribution in [0.15, 0.2) is 36.4 Å². The highest BCUT2D eigenvalue weighted by molar-refractivity contribution is 7.80. The minimum atomic E-state index is -0.189. The fourth-order valence-corrected chi connectivity index (χ4v) is 3.03. The Morgan fingerprint density at radius 2 is 1.70 bits per heavy atom. The van der Waals surface area contributed by atoms with E-state index in [-0.39, 0.29) is 17.4 Å². The van der Waals surface area contributed by atoms with Crippen molar-refractivity contribution in [2.75, 3.05) is 14.2 Å². The number of hydrogen-bond acceptors (Lipinski definition) is 4. The number of carbonyl (C=O) groups excluding carboxylic acids is 1. The van der Waals surface area contributed by atoms with Gasteiger partial charge < -0.3 is 20.1 Å². The van der Waals surface area contributed by atoms with Gasteiger partial charge in [0.15, 0.2) is 16.6 Å². The third-order valence-corrected chi connectivity index (χ3v) is 4.79. The van der Waals surface area contributed by atoms with Crippen LogP contribution in [0.1, 0.15) is 17.5 Å². The van der Waals surface area contributed by atoms with Crippen molar-refractivity contribution in [3.05, 3.63) is 57.6 Å². The summed E-state index contributed by atoms with van der Waals surface area (Å²) >= 11 is 17.5. The Morgan fingerprint density at radius 1 is 1.04 bits per heavy atom. The third kappa shape index (κ3) is 6.27. The van der Waals surface area contributed by atoms with Gasteiger partial charge in [-0.3, -0.25) is 4.79 Å². The van der Waals surface area contributed by atoms with Crippen molar-refractivity contribution in [3.63, 3.8) is 0 Å². The maximum absolute atomic E-state index is 12.1. The lowest BCUT2D eigenvalue weighted by atomic mass is 10.1. The second-order valence-corrected chi connectivity index (χ2v) is 6.84. The molecule has 0 aliphatic rings. The van der Waals surface area contributed by atoms with Gasteiger partial charge in [-0.15, -0.1) is 0 Å². The average Bonchev–Trinajstić information content (AvgIpc) is 2.66. The zero-order valence-electron chi connectivity index (χ0n) is 15.0. The lowest BCUT2D eigenvalue weighted by Gasteiger charge is -2.14. The lowest BCUT2D eigenvalue weighted by molar-refractivity contribution is -0.119. The molecule has 2 rings (SSSR count). The molecule has 0 saturated carbocycles. The van der Waals surface area contributed by atoms with E-state index in [0.29, 0.717) is 34.5 Å². The first-order valence-electron chi connectivity index (χ1n) is 8.16. The molecule has 0 saturated heterocycles. The maximum atomic E-state index is 12.1. The summed E-state index contributed by atoms with van der Waals surface area (Å²) in [5.41, 5.74) is 1.69. The van der Waals surface area contributed by atoms with E-state index in [1.54, 1.807) is 32.4 Å². The predicted molar refractivity (Wildman–Crippen MR) is 112 cm³/mol. The van der Waals surface area contributed by atoms with Gasteiger partial charge in [0.1, 0.15) is 0 Å². The molecule has 8 heteroatoms. The largest absolute Gasteiger partial charge is 0.493 e. The molecule has 2 aromatic carbocycles. The number of ether oxygens (including phenoxy) is 2. The molecule has 2 N–H and O–H groups in total. The van der Waals surface area contributed by atoms with Crippen LogP contribution in [0.3, 0.4) is 0 Å². The maximum Gasteiger partial charge on any atom is 0.226 e. The number of carbonyl (C=O) groups is 1. The van der Waals surface area contributed by atoms with Gasteiger partial charge in [0.25, 0.3) is 0 Å². The molecule has 144 valence electrons. The Bertz CT molecular complexity index is 831. The minimum Gasteiger partial charge on any atom is -0.493 e. The van der Waals surface area contributed by atoms with E-state index in [9.17, 15) is 4.79 Å². The van der Waals surface area contributed by atoms with Crippen LogP contribution in [0.4, 0.5) is 0 Å². The molecular formula is C19H20Cl2N2O3S. The number of benzene rings is 2. The summed E-state index contributed by atoms with van der Waals surface area (Å²) in [6.07, 6.45) is 0.818. The second-order valence-electron chi connectivity index (χ2n) is 5.62. The molecule has 5 nitrogen and oxygen atoms in total. The van der Waals surface area contributed by atoms with Gasteiger partial charge >= 0.3 is 0 Å². The van der Waals surface area contributed by atoms with Gasteiger partial charge in [0.2, 0.25) is 5.91 Å². The van der Waals surface area contributed by atoms with Gasteiger partial charge in [-0.25, -0.2) is 0 Å². The molecule has 0 heterocycles. The predicted octanol–water partition coefficient (Wildman–Crippen LogP) is 4.13. The van der Waals surface area contributed by atoms with Gasteiger partial charge in [-0.1, -0.05) is 41.4 Å². The van der Waals surface area contributed by atoms with E-state index >= 15 is 0 Å². The minimum absolute atomic E-state index is 0.189. The van der Waals surface area contributed by atoms with Gasteiger partial charge in [-0.2, -0.15) is 0 Å². The van der Waals surface area contributed by atoms with Crippen LogP contribution < -0.4 is 20.1 Å². The van der Waals surface area contributed by atoms with Gasteiger partial charge in [0, 0.05) is 29.1 Å². The van der Waals surface area contributed by atoms with Crippen molar-refractivity contribution in [1.29, 1.82) is 0 Å². The van der Waals surface area contributed by atoms with E-state index in [2.05, 4.69) is 10.6 Å². The monoisotopic (exact) mass is 426 g/mol. The molecule has 0 unspecified atom stereocenters. The van der Waals surface area contributed by atoms with Crippen LogP contribution in [0.2, 0.25) is 10.0 Å². The summed E-state index contributed by atoms with van der Waals surface area (Å²) in [7, 11) is 3.09. The summed E-state index contributed by atoms with van der Waals surface area (Å²) in [5, 5.41) is 6.99. The molecule has 0 bridgehead atoms. The van der Waals surface area contributed by atoms with Crippen LogP contribution >= 0.6 is 35.4 Å². The average molecular weight is 427 g/mol. The summed E-state index contributed by atoms with van der Waals surface area (Å²) in [4.78, 5) is 12.1. The third-order valence-electron chi connectivity index (χ3n) is 3.82. The van der Waals surface area contributed by atoms with Crippen LogP contribution in [0, 0.1) is 0 Å². The molecule has 0 fully saturated rings. The van der Waals surface area contributed by atoms with Crippen LogP contribution in [-0.4, -0.2) is 25.2 Å². The molecule has 0 aliphatic carbocycles. The number of halogens is 2. The Balaban J connectivity index is 1.85. The van der Waals surface area contributed by atoms with Gasteiger partial charge in [-0.05, 0) is 41.9 Å². The Morgan fingerprint density at radius 3 is 2.37 bits per heavy atom. The van der Waals surface area contributed by atoms with Crippen LogP contribution in [-0.2, 0) is 17.8 Å². The molecule has 0 atom stereocenters. The first kappa shape index (κ1) is 21.3. The lowest BCUT2D eigenvalue weighted by Crippen LogP contribution is -2.39. The highest BCUT2D eigenvalue weighted by atomic mass is 35.5. The van der Waals surface area contributed by atoms with Crippen LogP contribution in [0.5, 0.6) is 11.5 Å².